The Bertz CT molecular complexity index is 531. The summed E-state index contributed by atoms with van der Waals surface area (Å²) in [6.07, 6.45) is 4.78. The van der Waals surface area contributed by atoms with Gasteiger partial charge in [-0.05, 0) is 25.9 Å². The number of likely N-dealkylation sites (tertiary alicyclic amines) is 1. The molecular weight excluding hydrogens is 278 g/mol. The highest BCUT2D eigenvalue weighted by Gasteiger charge is 2.25. The summed E-state index contributed by atoms with van der Waals surface area (Å²) >= 11 is 0. The fourth-order valence-electron chi connectivity index (χ4n) is 2.42. The molecule has 0 aliphatic carbocycles. The van der Waals surface area contributed by atoms with Gasteiger partial charge in [0.2, 0.25) is 16.0 Å². The molecule has 1 atom stereocenters. The van der Waals surface area contributed by atoms with Gasteiger partial charge in [0, 0.05) is 19.6 Å². The zero-order valence-corrected chi connectivity index (χ0v) is 12.7. The van der Waals surface area contributed by atoms with E-state index in [2.05, 4.69) is 31.8 Å². The summed E-state index contributed by atoms with van der Waals surface area (Å²) in [4.78, 5) is 10.2. The number of hydrogen-bond acceptors (Lipinski definition) is 6. The Labute approximate surface area is 119 Å². The average molecular weight is 299 g/mol. The second kappa shape index (κ2) is 6.47. The van der Waals surface area contributed by atoms with Crippen LogP contribution in [-0.2, 0) is 10.0 Å². The molecule has 1 aliphatic heterocycles. The molecule has 1 aliphatic rings. The third kappa shape index (κ3) is 3.44. The summed E-state index contributed by atoms with van der Waals surface area (Å²) in [6, 6.07) is 0.285. The lowest BCUT2D eigenvalue weighted by Gasteiger charge is -2.22. The Morgan fingerprint density at radius 3 is 2.70 bits per heavy atom. The van der Waals surface area contributed by atoms with Gasteiger partial charge in [-0.1, -0.05) is 6.92 Å². The van der Waals surface area contributed by atoms with Crippen LogP contribution in [0.25, 0.3) is 0 Å². The molecule has 2 heterocycles. The molecule has 0 bridgehead atoms. The van der Waals surface area contributed by atoms with Crippen molar-refractivity contribution in [2.24, 2.45) is 0 Å². The monoisotopic (exact) mass is 299 g/mol. The molecule has 0 aromatic carbocycles. The second-order valence-electron chi connectivity index (χ2n) is 4.77. The van der Waals surface area contributed by atoms with Crippen molar-refractivity contribution in [2.75, 3.05) is 32.0 Å². The van der Waals surface area contributed by atoms with Crippen molar-refractivity contribution < 1.29 is 8.42 Å². The van der Waals surface area contributed by atoms with Crippen LogP contribution >= 0.6 is 0 Å². The minimum Gasteiger partial charge on any atom is -0.357 e. The first-order chi connectivity index (χ1) is 9.56. The molecule has 0 amide bonds. The Morgan fingerprint density at radius 1 is 1.40 bits per heavy atom. The highest BCUT2D eigenvalue weighted by molar-refractivity contribution is 7.89. The van der Waals surface area contributed by atoms with Crippen molar-refractivity contribution in [1.82, 2.24) is 19.6 Å². The largest absolute Gasteiger partial charge is 0.357 e. The average Bonchev–Trinajstić information content (AvgIpc) is 2.93. The SMILES string of the molecule is CCN1CCCC1CNS(=O)(=O)c1cnc(NC)nc1. The van der Waals surface area contributed by atoms with E-state index in [1.165, 1.54) is 12.4 Å². The molecule has 7 nitrogen and oxygen atoms in total. The Balaban J connectivity index is 1.99. The molecule has 8 heteroatoms. The van der Waals surface area contributed by atoms with Gasteiger partial charge in [-0.15, -0.1) is 0 Å². The van der Waals surface area contributed by atoms with Gasteiger partial charge in [-0.2, -0.15) is 0 Å². The highest BCUT2D eigenvalue weighted by atomic mass is 32.2. The number of sulfonamides is 1. The molecule has 1 fully saturated rings. The molecule has 112 valence electrons. The molecule has 1 saturated heterocycles. The van der Waals surface area contributed by atoms with Crippen LogP contribution in [-0.4, -0.2) is 56.0 Å². The number of likely N-dealkylation sites (N-methyl/N-ethyl adjacent to an activating group) is 1. The van der Waals surface area contributed by atoms with E-state index in [0.717, 1.165) is 25.9 Å². The minimum atomic E-state index is -3.53. The minimum absolute atomic E-state index is 0.0949. The molecule has 1 aromatic heterocycles. The summed E-state index contributed by atoms with van der Waals surface area (Å²) in [5.41, 5.74) is 0. The van der Waals surface area contributed by atoms with Gasteiger partial charge in [0.15, 0.2) is 0 Å². The lowest BCUT2D eigenvalue weighted by molar-refractivity contribution is 0.268. The predicted molar refractivity (Wildman–Crippen MR) is 77.0 cm³/mol. The van der Waals surface area contributed by atoms with E-state index in [1.54, 1.807) is 7.05 Å². The number of nitrogens with zero attached hydrogens (tertiary/aromatic N) is 3. The molecule has 0 spiro atoms. The number of nitrogens with one attached hydrogen (secondary N) is 2. The van der Waals surface area contributed by atoms with E-state index in [1.807, 2.05) is 0 Å². The maximum atomic E-state index is 12.2. The van der Waals surface area contributed by atoms with E-state index < -0.39 is 10.0 Å². The summed E-state index contributed by atoms with van der Waals surface area (Å²) < 4.78 is 27.0. The van der Waals surface area contributed by atoms with Crippen molar-refractivity contribution in [3.8, 4) is 0 Å². The summed E-state index contributed by atoms with van der Waals surface area (Å²) in [7, 11) is -1.85. The maximum Gasteiger partial charge on any atom is 0.243 e. The number of anilines is 1. The van der Waals surface area contributed by atoms with E-state index >= 15 is 0 Å². The normalized spacial score (nSPS) is 20.2. The Hall–Kier alpha value is -1.25. The number of hydrogen-bond donors (Lipinski definition) is 2. The van der Waals surface area contributed by atoms with Crippen LogP contribution in [0.2, 0.25) is 0 Å². The Kier molecular flexibility index (Phi) is 4.90. The van der Waals surface area contributed by atoms with Gasteiger partial charge in [-0.25, -0.2) is 23.1 Å². The molecule has 1 aromatic rings. The molecule has 2 N–H and O–H groups in total. The van der Waals surface area contributed by atoms with Crippen molar-refractivity contribution in [3.05, 3.63) is 12.4 Å². The first kappa shape index (κ1) is 15.1. The lowest BCUT2D eigenvalue weighted by atomic mass is 10.2. The number of rotatable bonds is 6. The zero-order valence-electron chi connectivity index (χ0n) is 11.8. The lowest BCUT2D eigenvalue weighted by Crippen LogP contribution is -2.40. The van der Waals surface area contributed by atoms with Gasteiger partial charge in [0.05, 0.1) is 12.4 Å². The number of aromatic nitrogens is 2. The topological polar surface area (TPSA) is 87.2 Å². The van der Waals surface area contributed by atoms with Gasteiger partial charge < -0.3 is 5.32 Å². The van der Waals surface area contributed by atoms with Gasteiger partial charge >= 0.3 is 0 Å². The molecule has 0 radical (unpaired) electrons. The fraction of sp³-hybridized carbons (Fsp3) is 0.667. The molecule has 2 rings (SSSR count). The summed E-state index contributed by atoms with van der Waals surface area (Å²) in [5, 5.41) is 2.75. The molecule has 20 heavy (non-hydrogen) atoms. The van der Waals surface area contributed by atoms with E-state index in [9.17, 15) is 8.42 Å². The van der Waals surface area contributed by atoms with Crippen LogP contribution in [0.1, 0.15) is 19.8 Å². The quantitative estimate of drug-likeness (QED) is 0.784. The van der Waals surface area contributed by atoms with Gasteiger partial charge in [-0.3, -0.25) is 4.90 Å². The first-order valence-electron chi connectivity index (χ1n) is 6.80. The maximum absolute atomic E-state index is 12.2. The van der Waals surface area contributed by atoms with Crippen molar-refractivity contribution in [2.45, 2.75) is 30.7 Å². The second-order valence-corrected chi connectivity index (χ2v) is 6.54. The Morgan fingerprint density at radius 2 is 2.10 bits per heavy atom. The molecule has 1 unspecified atom stereocenters. The van der Waals surface area contributed by atoms with Gasteiger partial charge in [0.1, 0.15) is 4.90 Å². The zero-order chi connectivity index (χ0) is 14.6. The summed E-state index contributed by atoms with van der Waals surface area (Å²) in [5.74, 6) is 0.400. The van der Waals surface area contributed by atoms with Crippen molar-refractivity contribution in [1.29, 1.82) is 0 Å². The molecular formula is C12H21N5O2S. The van der Waals surface area contributed by atoms with E-state index in [0.29, 0.717) is 12.5 Å². The third-order valence-corrected chi connectivity index (χ3v) is 4.95. The predicted octanol–water partition coefficient (Wildman–Crippen LogP) is 0.281. The van der Waals surface area contributed by atoms with Crippen LogP contribution in [0, 0.1) is 0 Å². The van der Waals surface area contributed by atoms with Crippen molar-refractivity contribution in [3.63, 3.8) is 0 Å². The first-order valence-corrected chi connectivity index (χ1v) is 8.28. The summed E-state index contributed by atoms with van der Waals surface area (Å²) in [6.45, 7) is 4.52. The molecule has 0 saturated carbocycles. The van der Waals surface area contributed by atoms with Crippen LogP contribution in [0.15, 0.2) is 17.3 Å². The van der Waals surface area contributed by atoms with Gasteiger partial charge in [0.25, 0.3) is 0 Å². The fourth-order valence-corrected chi connectivity index (χ4v) is 3.38. The van der Waals surface area contributed by atoms with E-state index in [4.69, 9.17) is 0 Å². The van der Waals surface area contributed by atoms with Crippen LogP contribution in [0.5, 0.6) is 0 Å². The third-order valence-electron chi connectivity index (χ3n) is 3.58. The van der Waals surface area contributed by atoms with Crippen LogP contribution in [0.3, 0.4) is 0 Å². The van der Waals surface area contributed by atoms with Crippen molar-refractivity contribution >= 4 is 16.0 Å². The standard InChI is InChI=1S/C12H21N5O2S/c1-3-17-6-4-5-10(17)7-16-20(18,19)11-8-14-12(13-2)15-9-11/h8-10,16H,3-7H2,1-2H3,(H,13,14,15). The highest BCUT2D eigenvalue weighted by Crippen LogP contribution is 2.16. The van der Waals surface area contributed by atoms with Crippen LogP contribution in [0.4, 0.5) is 5.95 Å². The van der Waals surface area contributed by atoms with E-state index in [-0.39, 0.29) is 10.9 Å². The van der Waals surface area contributed by atoms with Crippen LogP contribution < -0.4 is 10.0 Å². The smallest absolute Gasteiger partial charge is 0.243 e.